The lowest BCUT2D eigenvalue weighted by Crippen LogP contribution is -2.37. The lowest BCUT2D eigenvalue weighted by atomic mass is 10.1. The lowest BCUT2D eigenvalue weighted by Gasteiger charge is -2.18. The molecule has 0 radical (unpaired) electrons. The van der Waals surface area contributed by atoms with E-state index in [2.05, 4.69) is 5.32 Å². The van der Waals surface area contributed by atoms with E-state index in [9.17, 15) is 14.4 Å². The van der Waals surface area contributed by atoms with Crippen LogP contribution in [-0.4, -0.2) is 42.9 Å². The average Bonchev–Trinajstić information content (AvgIpc) is 3.10. The number of hydrogen-bond acceptors (Lipinski definition) is 5. The first-order valence-corrected chi connectivity index (χ1v) is 7.69. The summed E-state index contributed by atoms with van der Waals surface area (Å²) in [4.78, 5) is 36.9. The third-order valence-corrected chi connectivity index (χ3v) is 3.60. The molecule has 0 atom stereocenters. The van der Waals surface area contributed by atoms with Crippen molar-refractivity contribution in [2.45, 2.75) is 13.8 Å². The van der Waals surface area contributed by atoms with E-state index in [0.29, 0.717) is 0 Å². The summed E-state index contributed by atoms with van der Waals surface area (Å²) in [5.74, 6) is -1.53. The van der Waals surface area contributed by atoms with E-state index in [4.69, 9.17) is 9.15 Å². The number of anilines is 1. The minimum absolute atomic E-state index is 0.0169. The zero-order valence-electron chi connectivity index (χ0n) is 14.4. The number of esters is 1. The van der Waals surface area contributed by atoms with Crippen molar-refractivity contribution in [2.75, 3.05) is 25.5 Å². The Morgan fingerprint density at radius 2 is 1.80 bits per heavy atom. The second kappa shape index (κ2) is 8.14. The normalized spacial score (nSPS) is 10.2. The Morgan fingerprint density at radius 3 is 2.40 bits per heavy atom. The number of carbonyl (C=O) groups is 3. The number of ether oxygens (including phenoxy) is 1. The van der Waals surface area contributed by atoms with Crippen molar-refractivity contribution in [3.63, 3.8) is 0 Å². The fourth-order valence-corrected chi connectivity index (χ4v) is 2.20. The fraction of sp³-hybridized carbons (Fsp3) is 0.278. The van der Waals surface area contributed by atoms with Crippen molar-refractivity contribution in [1.29, 1.82) is 0 Å². The van der Waals surface area contributed by atoms with Gasteiger partial charge in [0.15, 0.2) is 6.61 Å². The van der Waals surface area contributed by atoms with Crippen LogP contribution in [0.25, 0.3) is 0 Å². The zero-order chi connectivity index (χ0) is 18.4. The van der Waals surface area contributed by atoms with Crippen molar-refractivity contribution >= 4 is 23.5 Å². The summed E-state index contributed by atoms with van der Waals surface area (Å²) >= 11 is 0. The monoisotopic (exact) mass is 344 g/mol. The molecule has 25 heavy (non-hydrogen) atoms. The number of hydrogen-bond donors (Lipinski definition) is 1. The fourth-order valence-electron chi connectivity index (χ4n) is 2.20. The summed E-state index contributed by atoms with van der Waals surface area (Å²) in [5, 5.41) is 2.80. The van der Waals surface area contributed by atoms with Gasteiger partial charge in [0.05, 0.1) is 12.8 Å². The Bertz CT molecular complexity index is 748. The third kappa shape index (κ3) is 4.94. The molecule has 0 saturated carbocycles. The standard InChI is InChI=1S/C18H20N2O5/c1-12-6-4-7-13(2)17(12)19-15(21)10-20(3)16(22)11-25-18(23)14-8-5-9-24-14/h4-9H,10-11H2,1-3H3,(H,19,21). The van der Waals surface area contributed by atoms with Crippen LogP contribution >= 0.6 is 0 Å². The smallest absolute Gasteiger partial charge is 0.374 e. The van der Waals surface area contributed by atoms with Crippen LogP contribution < -0.4 is 5.32 Å². The molecule has 7 heteroatoms. The number of amides is 2. The summed E-state index contributed by atoms with van der Waals surface area (Å²) < 4.78 is 9.73. The van der Waals surface area contributed by atoms with E-state index < -0.39 is 18.5 Å². The van der Waals surface area contributed by atoms with Gasteiger partial charge in [-0.15, -0.1) is 0 Å². The van der Waals surface area contributed by atoms with E-state index in [1.54, 1.807) is 6.07 Å². The molecule has 1 N–H and O–H groups in total. The molecule has 132 valence electrons. The largest absolute Gasteiger partial charge is 0.457 e. The van der Waals surface area contributed by atoms with Crippen LogP contribution in [0.2, 0.25) is 0 Å². The van der Waals surface area contributed by atoms with Gasteiger partial charge in [-0.05, 0) is 37.1 Å². The van der Waals surface area contributed by atoms with Crippen LogP contribution in [0.5, 0.6) is 0 Å². The summed E-state index contributed by atoms with van der Waals surface area (Å²) in [6.07, 6.45) is 1.34. The molecule has 0 saturated heterocycles. The van der Waals surface area contributed by atoms with Crippen molar-refractivity contribution in [3.8, 4) is 0 Å². The molecular weight excluding hydrogens is 324 g/mol. The summed E-state index contributed by atoms with van der Waals surface area (Å²) in [5.41, 5.74) is 2.61. The SMILES string of the molecule is Cc1cccc(C)c1NC(=O)CN(C)C(=O)COC(=O)c1ccco1. The molecule has 1 aromatic carbocycles. The number of benzene rings is 1. The van der Waals surface area contributed by atoms with E-state index in [1.165, 1.54) is 24.3 Å². The van der Waals surface area contributed by atoms with Gasteiger partial charge in [0, 0.05) is 12.7 Å². The van der Waals surface area contributed by atoms with Crippen LogP contribution in [0.1, 0.15) is 21.7 Å². The average molecular weight is 344 g/mol. The highest BCUT2D eigenvalue weighted by Gasteiger charge is 2.17. The van der Waals surface area contributed by atoms with Gasteiger partial charge in [-0.25, -0.2) is 4.79 Å². The van der Waals surface area contributed by atoms with E-state index in [0.717, 1.165) is 16.8 Å². The Kier molecular flexibility index (Phi) is 5.94. The second-order valence-electron chi connectivity index (χ2n) is 5.62. The predicted octanol–water partition coefficient (Wildman–Crippen LogP) is 2.15. The lowest BCUT2D eigenvalue weighted by molar-refractivity contribution is -0.136. The molecule has 0 spiro atoms. The molecule has 0 aliphatic rings. The first-order chi connectivity index (χ1) is 11.9. The number of carbonyl (C=O) groups excluding carboxylic acids is 3. The maximum Gasteiger partial charge on any atom is 0.374 e. The first-order valence-electron chi connectivity index (χ1n) is 7.69. The quantitative estimate of drug-likeness (QED) is 0.811. The number of likely N-dealkylation sites (N-methyl/N-ethyl adjacent to an activating group) is 1. The van der Waals surface area contributed by atoms with Gasteiger partial charge in [-0.3, -0.25) is 9.59 Å². The van der Waals surface area contributed by atoms with Crippen LogP contribution in [-0.2, 0) is 14.3 Å². The maximum absolute atomic E-state index is 12.1. The van der Waals surface area contributed by atoms with Crippen molar-refractivity contribution in [1.82, 2.24) is 4.90 Å². The van der Waals surface area contributed by atoms with E-state index >= 15 is 0 Å². The molecule has 1 aromatic heterocycles. The van der Waals surface area contributed by atoms with Crippen molar-refractivity contribution < 1.29 is 23.5 Å². The van der Waals surface area contributed by atoms with Gasteiger partial charge in [0.2, 0.25) is 11.7 Å². The highest BCUT2D eigenvalue weighted by Crippen LogP contribution is 2.19. The van der Waals surface area contributed by atoms with Crippen molar-refractivity contribution in [3.05, 3.63) is 53.5 Å². The number of para-hydroxylation sites is 1. The molecular formula is C18H20N2O5. The molecule has 0 fully saturated rings. The number of nitrogens with one attached hydrogen (secondary N) is 1. The van der Waals surface area contributed by atoms with Crippen LogP contribution in [0.15, 0.2) is 41.0 Å². The Labute approximate surface area is 145 Å². The third-order valence-electron chi connectivity index (χ3n) is 3.60. The van der Waals surface area contributed by atoms with Crippen LogP contribution in [0.3, 0.4) is 0 Å². The van der Waals surface area contributed by atoms with Gasteiger partial charge >= 0.3 is 5.97 Å². The molecule has 0 aliphatic carbocycles. The highest BCUT2D eigenvalue weighted by molar-refractivity contribution is 5.96. The van der Waals surface area contributed by atoms with Gasteiger partial charge in [0.1, 0.15) is 0 Å². The summed E-state index contributed by atoms with van der Waals surface area (Å²) in [6.45, 7) is 3.18. The molecule has 0 unspecified atom stereocenters. The Hall–Kier alpha value is -3.09. The molecule has 2 amide bonds. The molecule has 0 aliphatic heterocycles. The number of nitrogens with zero attached hydrogens (tertiary/aromatic N) is 1. The van der Waals surface area contributed by atoms with Gasteiger partial charge < -0.3 is 19.4 Å². The molecule has 0 bridgehead atoms. The predicted molar refractivity (Wildman–Crippen MR) is 91.2 cm³/mol. The van der Waals surface area contributed by atoms with Crippen LogP contribution in [0.4, 0.5) is 5.69 Å². The second-order valence-corrected chi connectivity index (χ2v) is 5.62. The maximum atomic E-state index is 12.1. The number of rotatable bonds is 6. The zero-order valence-corrected chi connectivity index (χ0v) is 14.4. The van der Waals surface area contributed by atoms with E-state index in [-0.39, 0.29) is 18.2 Å². The number of furan rings is 1. The molecule has 2 rings (SSSR count). The van der Waals surface area contributed by atoms with E-state index in [1.807, 2.05) is 32.0 Å². The van der Waals surface area contributed by atoms with Gasteiger partial charge in [0.25, 0.3) is 5.91 Å². The van der Waals surface area contributed by atoms with Gasteiger partial charge in [-0.2, -0.15) is 0 Å². The van der Waals surface area contributed by atoms with Crippen molar-refractivity contribution in [2.24, 2.45) is 0 Å². The number of aryl methyl sites for hydroxylation is 2. The molecule has 7 nitrogen and oxygen atoms in total. The molecule has 2 aromatic rings. The molecule has 1 heterocycles. The first kappa shape index (κ1) is 18.3. The highest BCUT2D eigenvalue weighted by atomic mass is 16.5. The minimum Gasteiger partial charge on any atom is -0.457 e. The summed E-state index contributed by atoms with van der Waals surface area (Å²) in [7, 11) is 1.47. The topological polar surface area (TPSA) is 88.9 Å². The summed E-state index contributed by atoms with van der Waals surface area (Å²) in [6, 6.07) is 8.68. The van der Waals surface area contributed by atoms with Gasteiger partial charge in [-0.1, -0.05) is 18.2 Å². The van der Waals surface area contributed by atoms with Crippen LogP contribution in [0, 0.1) is 13.8 Å². The Morgan fingerprint density at radius 1 is 1.12 bits per heavy atom. The Balaban J connectivity index is 1.84. The minimum atomic E-state index is -0.730.